The molecule has 0 saturated heterocycles. The van der Waals surface area contributed by atoms with Crippen LogP contribution in [0.5, 0.6) is 0 Å². The predicted octanol–water partition coefficient (Wildman–Crippen LogP) is 1.34. The van der Waals surface area contributed by atoms with Crippen LogP contribution >= 0.6 is 0 Å². The topological polar surface area (TPSA) is 214 Å². The van der Waals surface area contributed by atoms with Gasteiger partial charge < -0.3 is 15.3 Å². The van der Waals surface area contributed by atoms with Crippen LogP contribution in [0.3, 0.4) is 0 Å². The molecule has 12 heteroatoms. The number of aliphatic carboxylic acids is 3. The van der Waals surface area contributed by atoms with E-state index >= 15 is 0 Å². The van der Waals surface area contributed by atoms with E-state index in [-0.39, 0.29) is 57.8 Å². The zero-order valence-corrected chi connectivity index (χ0v) is 19.5. The molecule has 35 heavy (non-hydrogen) atoms. The third-order valence-electron chi connectivity index (χ3n) is 4.97. The van der Waals surface area contributed by atoms with Crippen molar-refractivity contribution in [1.82, 2.24) is 0 Å². The molecule has 0 aliphatic rings. The molecule has 12 nitrogen and oxygen atoms in total. The van der Waals surface area contributed by atoms with Crippen molar-refractivity contribution in [3.8, 4) is 0 Å². The lowest BCUT2D eigenvalue weighted by atomic mass is 9.74. The van der Waals surface area contributed by atoms with E-state index in [0.717, 1.165) is 0 Å². The van der Waals surface area contributed by atoms with Gasteiger partial charge in [0, 0.05) is 57.8 Å². The SMILES string of the molecule is CC(CC(=O)CCC(=O)CC(=O)O)(CC(=O)CCC(=O)CC(=O)O)CC(=O)CCC(=O)CC(=O)O. The Hall–Kier alpha value is -3.57. The van der Waals surface area contributed by atoms with Crippen molar-refractivity contribution in [2.45, 2.75) is 84.0 Å². The van der Waals surface area contributed by atoms with Gasteiger partial charge in [-0.2, -0.15) is 0 Å². The number of carboxylic acid groups (broad SMARTS) is 3. The van der Waals surface area contributed by atoms with Gasteiger partial charge in [-0.3, -0.25) is 43.2 Å². The summed E-state index contributed by atoms with van der Waals surface area (Å²) < 4.78 is 0. The number of carboxylic acids is 3. The third kappa shape index (κ3) is 16.7. The summed E-state index contributed by atoms with van der Waals surface area (Å²) in [4.78, 5) is 104. The first-order chi connectivity index (χ1) is 16.1. The van der Waals surface area contributed by atoms with Gasteiger partial charge in [0.25, 0.3) is 0 Å². The van der Waals surface area contributed by atoms with Gasteiger partial charge in [-0.15, -0.1) is 0 Å². The lowest BCUT2D eigenvalue weighted by molar-refractivity contribution is -0.142. The first-order valence-corrected chi connectivity index (χ1v) is 10.9. The fraction of sp³-hybridized carbons (Fsp3) is 0.609. The Morgan fingerprint density at radius 2 is 0.629 bits per heavy atom. The highest BCUT2D eigenvalue weighted by Gasteiger charge is 2.33. The molecule has 0 atom stereocenters. The van der Waals surface area contributed by atoms with Crippen molar-refractivity contribution in [2.75, 3.05) is 0 Å². The van der Waals surface area contributed by atoms with Gasteiger partial charge in [-0.25, -0.2) is 0 Å². The molecule has 0 aromatic rings. The maximum atomic E-state index is 12.4. The monoisotopic (exact) mass is 498 g/mol. The van der Waals surface area contributed by atoms with E-state index < -0.39 is 77.3 Å². The molecule has 0 aromatic heterocycles. The number of carbonyl (C=O) groups is 9. The number of ketones is 6. The number of hydrogen-bond acceptors (Lipinski definition) is 9. The van der Waals surface area contributed by atoms with E-state index in [1.807, 2.05) is 0 Å². The molecular weight excluding hydrogens is 468 g/mol. The highest BCUT2D eigenvalue weighted by atomic mass is 16.4. The Bertz CT molecular complexity index is 771. The van der Waals surface area contributed by atoms with Crippen LogP contribution in [0.15, 0.2) is 0 Å². The highest BCUT2D eigenvalue weighted by Crippen LogP contribution is 2.33. The molecule has 0 unspecified atom stereocenters. The van der Waals surface area contributed by atoms with E-state index in [1.54, 1.807) is 0 Å². The van der Waals surface area contributed by atoms with E-state index in [0.29, 0.717) is 0 Å². The molecule has 0 aliphatic carbocycles. The summed E-state index contributed by atoms with van der Waals surface area (Å²) >= 11 is 0. The summed E-state index contributed by atoms with van der Waals surface area (Å²) in [7, 11) is 0. The molecule has 0 bridgehead atoms. The Morgan fingerprint density at radius 1 is 0.429 bits per heavy atom. The van der Waals surface area contributed by atoms with Crippen molar-refractivity contribution in [1.29, 1.82) is 0 Å². The quantitative estimate of drug-likeness (QED) is 0.191. The average Bonchev–Trinajstić information content (AvgIpc) is 2.67. The second-order valence-corrected chi connectivity index (χ2v) is 8.78. The fourth-order valence-electron chi connectivity index (χ4n) is 3.49. The van der Waals surface area contributed by atoms with Crippen LogP contribution in [0, 0.1) is 5.41 Å². The average molecular weight is 498 g/mol. The van der Waals surface area contributed by atoms with Crippen LogP contribution in [-0.4, -0.2) is 67.9 Å². The molecule has 0 heterocycles. The first-order valence-electron chi connectivity index (χ1n) is 10.9. The minimum Gasteiger partial charge on any atom is -0.481 e. The zero-order chi connectivity index (χ0) is 27.2. The standard InChI is InChI=1S/C23H30O12/c1-23(11-17(27)5-2-14(24)8-20(30)31,12-18(28)6-3-15(25)9-21(32)33)13-19(29)7-4-16(26)10-22(34)35/h2-13H2,1H3,(H,30,31)(H,32,33)(H,34,35). The molecule has 194 valence electrons. The van der Waals surface area contributed by atoms with Crippen LogP contribution < -0.4 is 0 Å². The van der Waals surface area contributed by atoms with E-state index in [1.165, 1.54) is 6.92 Å². The second-order valence-electron chi connectivity index (χ2n) is 8.78. The smallest absolute Gasteiger partial charge is 0.310 e. The molecule has 0 spiro atoms. The summed E-state index contributed by atoms with van der Waals surface area (Å²) in [5.74, 6) is -7.45. The highest BCUT2D eigenvalue weighted by molar-refractivity contribution is 5.98. The molecule has 0 rings (SSSR count). The van der Waals surface area contributed by atoms with E-state index in [9.17, 15) is 43.2 Å². The fourth-order valence-corrected chi connectivity index (χ4v) is 3.49. The summed E-state index contributed by atoms with van der Waals surface area (Å²) in [5.41, 5.74) is -1.23. The zero-order valence-electron chi connectivity index (χ0n) is 19.5. The minimum absolute atomic E-state index is 0.293. The predicted molar refractivity (Wildman–Crippen MR) is 116 cm³/mol. The van der Waals surface area contributed by atoms with Gasteiger partial charge in [-0.05, 0) is 5.41 Å². The molecule has 0 radical (unpaired) electrons. The van der Waals surface area contributed by atoms with Crippen molar-refractivity contribution < 1.29 is 58.5 Å². The van der Waals surface area contributed by atoms with Crippen molar-refractivity contribution in [3.05, 3.63) is 0 Å². The molecule has 3 N–H and O–H groups in total. The van der Waals surface area contributed by atoms with Crippen molar-refractivity contribution in [2.24, 2.45) is 5.41 Å². The van der Waals surface area contributed by atoms with Crippen molar-refractivity contribution in [3.63, 3.8) is 0 Å². The molecular formula is C23H30O12. The maximum Gasteiger partial charge on any atom is 0.310 e. The summed E-state index contributed by atoms with van der Waals surface area (Å²) in [6.07, 6.45) is -4.99. The molecule has 0 amide bonds. The lowest BCUT2D eigenvalue weighted by Crippen LogP contribution is -2.28. The van der Waals surface area contributed by atoms with Gasteiger partial charge in [0.1, 0.15) is 54.0 Å². The van der Waals surface area contributed by atoms with Crippen molar-refractivity contribution >= 4 is 52.6 Å². The minimum atomic E-state index is -1.33. The molecule has 0 saturated carbocycles. The molecule has 0 aliphatic heterocycles. The summed E-state index contributed by atoms with van der Waals surface area (Å²) in [6, 6.07) is 0. The molecule has 0 aromatic carbocycles. The number of Topliss-reactive ketones (excluding diaryl/α,β-unsaturated/α-hetero) is 6. The van der Waals surface area contributed by atoms with Crippen LogP contribution in [0.4, 0.5) is 0 Å². The lowest BCUT2D eigenvalue weighted by Gasteiger charge is -2.28. The van der Waals surface area contributed by atoms with Gasteiger partial charge in [-0.1, -0.05) is 6.92 Å². The van der Waals surface area contributed by atoms with Gasteiger partial charge >= 0.3 is 17.9 Å². The molecule has 0 fully saturated rings. The normalized spacial score (nSPS) is 10.9. The second kappa shape index (κ2) is 15.4. The van der Waals surface area contributed by atoms with Crippen LogP contribution in [-0.2, 0) is 43.2 Å². The van der Waals surface area contributed by atoms with Gasteiger partial charge in [0.05, 0.1) is 0 Å². The third-order valence-corrected chi connectivity index (χ3v) is 4.97. The maximum absolute atomic E-state index is 12.4. The van der Waals surface area contributed by atoms with Gasteiger partial charge in [0.15, 0.2) is 0 Å². The number of carbonyl (C=O) groups excluding carboxylic acids is 6. The Labute approximate surface area is 201 Å². The van der Waals surface area contributed by atoms with Crippen LogP contribution in [0.2, 0.25) is 0 Å². The largest absolute Gasteiger partial charge is 0.481 e. The van der Waals surface area contributed by atoms with Crippen LogP contribution in [0.25, 0.3) is 0 Å². The Kier molecular flexibility index (Phi) is 13.8. The number of hydrogen-bond donors (Lipinski definition) is 3. The summed E-state index contributed by atoms with van der Waals surface area (Å²) in [6.45, 7) is 1.47. The van der Waals surface area contributed by atoms with E-state index in [4.69, 9.17) is 15.3 Å². The Balaban J connectivity index is 5.18. The Morgan fingerprint density at radius 3 is 0.829 bits per heavy atom. The van der Waals surface area contributed by atoms with E-state index in [2.05, 4.69) is 0 Å². The first kappa shape index (κ1) is 31.4. The number of rotatable bonds is 21. The van der Waals surface area contributed by atoms with Crippen LogP contribution in [0.1, 0.15) is 84.0 Å². The van der Waals surface area contributed by atoms with Gasteiger partial charge in [0.2, 0.25) is 0 Å². The summed E-state index contributed by atoms with van der Waals surface area (Å²) in [5, 5.41) is 25.8.